The van der Waals surface area contributed by atoms with E-state index < -0.39 is 62.9 Å². The summed E-state index contributed by atoms with van der Waals surface area (Å²) in [5.41, 5.74) is 0.807. The normalized spacial score (nSPS) is 20.5. The molecule has 0 spiro atoms. The molecule has 51 heavy (non-hydrogen) atoms. The molecule has 0 amide bonds. The lowest BCUT2D eigenvalue weighted by atomic mass is 9.97. The first-order chi connectivity index (χ1) is 24.3. The molecular formula is C40H42O10Si. The van der Waals surface area contributed by atoms with Crippen molar-refractivity contribution in [2.45, 2.75) is 69.6 Å². The molecule has 0 saturated carbocycles. The highest BCUT2D eigenvalue weighted by Crippen LogP contribution is 2.38. The minimum absolute atomic E-state index is 0.124. The second-order valence-corrected chi connectivity index (χ2v) is 18.4. The standard InChI is InChI=1S/C40H42O10Si/c1-40(2,3)51(4,5)45-26-31-32(47-35(41)27-18-10-6-11-19-27)33(48-36(42)28-20-12-7-13-21-28)34(49-37(43)29-22-14-8-15-23-29)39(46-31)50-38(44)30-24-16-9-17-25-30/h6-25,31-34,39H,26H2,1-5H3/t31-,32+,33+,34-,39+/m1/s1. The van der Waals surface area contributed by atoms with Gasteiger partial charge in [0.1, 0.15) is 6.10 Å². The van der Waals surface area contributed by atoms with Gasteiger partial charge in [-0.3, -0.25) is 0 Å². The number of ether oxygens (including phenoxy) is 5. The molecule has 4 aromatic rings. The van der Waals surface area contributed by atoms with Gasteiger partial charge in [0.05, 0.1) is 28.9 Å². The first-order valence-corrected chi connectivity index (χ1v) is 19.6. The summed E-state index contributed by atoms with van der Waals surface area (Å²) in [6, 6.07) is 32.8. The Balaban J connectivity index is 1.60. The van der Waals surface area contributed by atoms with Crippen molar-refractivity contribution >= 4 is 32.2 Å². The van der Waals surface area contributed by atoms with Crippen LogP contribution in [-0.4, -0.2) is 69.5 Å². The van der Waals surface area contributed by atoms with Crippen LogP contribution in [-0.2, 0) is 28.1 Å². The molecule has 1 fully saturated rings. The lowest BCUT2D eigenvalue weighted by molar-refractivity contribution is -0.282. The highest BCUT2D eigenvalue weighted by Gasteiger charge is 2.55. The lowest BCUT2D eigenvalue weighted by Gasteiger charge is -2.45. The van der Waals surface area contributed by atoms with E-state index in [4.69, 9.17) is 28.1 Å². The Morgan fingerprint density at radius 1 is 0.529 bits per heavy atom. The van der Waals surface area contributed by atoms with Crippen molar-refractivity contribution in [2.24, 2.45) is 0 Å². The van der Waals surface area contributed by atoms with Gasteiger partial charge in [-0.2, -0.15) is 0 Å². The van der Waals surface area contributed by atoms with Gasteiger partial charge in [0.15, 0.2) is 20.5 Å². The van der Waals surface area contributed by atoms with E-state index in [1.165, 1.54) is 0 Å². The van der Waals surface area contributed by atoms with Gasteiger partial charge in [-0.05, 0) is 66.7 Å². The predicted molar refractivity (Wildman–Crippen MR) is 191 cm³/mol. The van der Waals surface area contributed by atoms with Crippen molar-refractivity contribution in [2.75, 3.05) is 6.61 Å². The van der Waals surface area contributed by atoms with Crippen molar-refractivity contribution in [1.29, 1.82) is 0 Å². The molecule has 0 unspecified atom stereocenters. The Labute approximate surface area is 298 Å². The molecule has 5 rings (SSSR count). The van der Waals surface area contributed by atoms with E-state index in [9.17, 15) is 19.2 Å². The number of carbonyl (C=O) groups excluding carboxylic acids is 4. The number of esters is 4. The zero-order valence-corrected chi connectivity index (χ0v) is 30.2. The molecule has 5 atom stereocenters. The third-order valence-electron chi connectivity index (χ3n) is 9.00. The van der Waals surface area contributed by atoms with Crippen molar-refractivity contribution in [3.05, 3.63) is 144 Å². The van der Waals surface area contributed by atoms with E-state index in [0.717, 1.165) is 0 Å². The molecule has 11 heteroatoms. The number of benzene rings is 4. The Kier molecular flexibility index (Phi) is 11.9. The smallest absolute Gasteiger partial charge is 0.340 e. The summed E-state index contributed by atoms with van der Waals surface area (Å²) in [6.45, 7) is 10.2. The summed E-state index contributed by atoms with van der Waals surface area (Å²) in [6.07, 6.45) is -7.24. The van der Waals surface area contributed by atoms with Crippen molar-refractivity contribution in [1.82, 2.24) is 0 Å². The maximum atomic E-state index is 13.7. The maximum absolute atomic E-state index is 13.7. The summed E-state index contributed by atoms with van der Waals surface area (Å²) >= 11 is 0. The zero-order valence-electron chi connectivity index (χ0n) is 29.2. The Bertz CT molecular complexity index is 1780. The van der Waals surface area contributed by atoms with E-state index in [-0.39, 0.29) is 33.9 Å². The second-order valence-electron chi connectivity index (χ2n) is 13.6. The maximum Gasteiger partial charge on any atom is 0.340 e. The summed E-state index contributed by atoms with van der Waals surface area (Å²) in [4.78, 5) is 54.5. The third-order valence-corrected chi connectivity index (χ3v) is 13.5. The van der Waals surface area contributed by atoms with Crippen molar-refractivity contribution < 1.29 is 47.3 Å². The van der Waals surface area contributed by atoms with E-state index in [1.54, 1.807) is 121 Å². The molecule has 0 aliphatic carbocycles. The van der Waals surface area contributed by atoms with Crippen LogP contribution in [0.25, 0.3) is 0 Å². The number of hydrogen-bond donors (Lipinski definition) is 0. The summed E-state index contributed by atoms with van der Waals surface area (Å²) < 4.78 is 37.1. The molecule has 0 N–H and O–H groups in total. The Morgan fingerprint density at radius 2 is 0.863 bits per heavy atom. The van der Waals surface area contributed by atoms with Gasteiger partial charge in [-0.25, -0.2) is 19.2 Å². The predicted octanol–water partition coefficient (Wildman–Crippen LogP) is 7.27. The first-order valence-electron chi connectivity index (χ1n) is 16.7. The topological polar surface area (TPSA) is 124 Å². The Hall–Kier alpha value is -5.10. The molecular weight excluding hydrogens is 669 g/mol. The molecule has 0 aromatic heterocycles. The summed E-state index contributed by atoms with van der Waals surface area (Å²) in [5.74, 6) is -3.12. The molecule has 4 aromatic carbocycles. The minimum atomic E-state index is -2.44. The fourth-order valence-electron chi connectivity index (χ4n) is 5.06. The highest BCUT2D eigenvalue weighted by atomic mass is 28.4. The first kappa shape index (κ1) is 37.2. The molecule has 1 aliphatic rings. The average molecular weight is 711 g/mol. The highest BCUT2D eigenvalue weighted by molar-refractivity contribution is 6.74. The molecule has 10 nitrogen and oxygen atoms in total. The molecule has 0 bridgehead atoms. The largest absolute Gasteiger partial charge is 0.452 e. The van der Waals surface area contributed by atoms with E-state index in [0.29, 0.717) is 0 Å². The van der Waals surface area contributed by atoms with Crippen LogP contribution in [0.3, 0.4) is 0 Å². The van der Waals surface area contributed by atoms with Gasteiger partial charge in [-0.15, -0.1) is 0 Å². The van der Waals surface area contributed by atoms with Crippen LogP contribution in [0.15, 0.2) is 121 Å². The van der Waals surface area contributed by atoms with Crippen molar-refractivity contribution in [3.63, 3.8) is 0 Å². The van der Waals surface area contributed by atoms with Gasteiger partial charge >= 0.3 is 23.9 Å². The fraction of sp³-hybridized carbons (Fsp3) is 0.300. The van der Waals surface area contributed by atoms with Crippen LogP contribution in [0, 0.1) is 0 Å². The molecule has 1 heterocycles. The summed E-state index contributed by atoms with van der Waals surface area (Å²) in [5, 5.41) is -0.204. The summed E-state index contributed by atoms with van der Waals surface area (Å²) in [7, 11) is -2.44. The van der Waals surface area contributed by atoms with Crippen molar-refractivity contribution in [3.8, 4) is 0 Å². The number of rotatable bonds is 11. The van der Waals surface area contributed by atoms with Crippen LogP contribution in [0.2, 0.25) is 18.1 Å². The zero-order chi connectivity index (χ0) is 36.6. The quantitative estimate of drug-likeness (QED) is 0.0892. The lowest BCUT2D eigenvalue weighted by Crippen LogP contribution is -2.63. The van der Waals surface area contributed by atoms with E-state index in [2.05, 4.69) is 20.8 Å². The van der Waals surface area contributed by atoms with Crippen LogP contribution < -0.4 is 0 Å². The van der Waals surface area contributed by atoms with Gasteiger partial charge < -0.3 is 28.1 Å². The second kappa shape index (κ2) is 16.3. The fourth-order valence-corrected chi connectivity index (χ4v) is 6.08. The van der Waals surface area contributed by atoms with Crippen LogP contribution >= 0.6 is 0 Å². The average Bonchev–Trinajstić information content (AvgIpc) is 3.13. The van der Waals surface area contributed by atoms with Crippen LogP contribution in [0.4, 0.5) is 0 Å². The van der Waals surface area contributed by atoms with Crippen LogP contribution in [0.1, 0.15) is 62.2 Å². The minimum Gasteiger partial charge on any atom is -0.452 e. The molecule has 1 saturated heterocycles. The van der Waals surface area contributed by atoms with Gasteiger partial charge in [0.2, 0.25) is 12.4 Å². The van der Waals surface area contributed by atoms with E-state index >= 15 is 0 Å². The third kappa shape index (κ3) is 9.37. The van der Waals surface area contributed by atoms with Gasteiger partial charge in [0.25, 0.3) is 0 Å². The monoisotopic (exact) mass is 710 g/mol. The van der Waals surface area contributed by atoms with Gasteiger partial charge in [-0.1, -0.05) is 93.6 Å². The van der Waals surface area contributed by atoms with E-state index in [1.807, 2.05) is 13.1 Å². The molecule has 266 valence electrons. The molecule has 1 aliphatic heterocycles. The van der Waals surface area contributed by atoms with Gasteiger partial charge in [0, 0.05) is 0 Å². The SMILES string of the molecule is CC(C)(C)[Si](C)(C)OC[C@H]1O[C@@H](OC(=O)c2ccccc2)[C@H](OC(=O)c2ccccc2)[C@@H](OC(=O)c2ccccc2)[C@H]1OC(=O)c1ccccc1. The molecule has 0 radical (unpaired) electrons. The Morgan fingerprint density at radius 3 is 1.24 bits per heavy atom. The number of carbonyl (C=O) groups is 4. The van der Waals surface area contributed by atoms with Crippen LogP contribution in [0.5, 0.6) is 0 Å². The number of hydrogen-bond acceptors (Lipinski definition) is 10.